The summed E-state index contributed by atoms with van der Waals surface area (Å²) in [5, 5.41) is 3.60. The molecular weight excluding hydrogens is 299 g/mol. The van der Waals surface area contributed by atoms with Gasteiger partial charge in [-0.15, -0.1) is 0 Å². The fourth-order valence-corrected chi connectivity index (χ4v) is 3.39. The van der Waals surface area contributed by atoms with Crippen molar-refractivity contribution in [2.24, 2.45) is 0 Å². The SMILES string of the molecule is Cc1cc(NCN2CCCCC2)c(C)cc1Cc1ccc(F)cc1. The smallest absolute Gasteiger partial charge is 0.123 e. The van der Waals surface area contributed by atoms with Crippen molar-refractivity contribution in [1.29, 1.82) is 0 Å². The number of anilines is 1. The monoisotopic (exact) mass is 326 g/mol. The Morgan fingerprint density at radius 3 is 2.38 bits per heavy atom. The molecule has 24 heavy (non-hydrogen) atoms. The molecule has 0 radical (unpaired) electrons. The summed E-state index contributed by atoms with van der Waals surface area (Å²) in [5.41, 5.74) is 6.23. The molecule has 0 aromatic heterocycles. The molecule has 0 bridgehead atoms. The van der Waals surface area contributed by atoms with Crippen LogP contribution in [0.2, 0.25) is 0 Å². The van der Waals surface area contributed by atoms with Gasteiger partial charge in [0.25, 0.3) is 0 Å². The van der Waals surface area contributed by atoms with Crippen molar-refractivity contribution in [3.8, 4) is 0 Å². The second kappa shape index (κ2) is 7.80. The van der Waals surface area contributed by atoms with Crippen LogP contribution in [0.4, 0.5) is 10.1 Å². The Bertz CT molecular complexity index is 673. The van der Waals surface area contributed by atoms with Crippen molar-refractivity contribution in [2.45, 2.75) is 39.5 Å². The van der Waals surface area contributed by atoms with E-state index in [1.807, 2.05) is 12.1 Å². The molecule has 2 nitrogen and oxygen atoms in total. The predicted octanol–water partition coefficient (Wildman–Crippen LogP) is 4.89. The molecule has 1 aliphatic heterocycles. The average Bonchev–Trinajstić information content (AvgIpc) is 2.59. The zero-order valence-electron chi connectivity index (χ0n) is 14.7. The molecule has 1 N–H and O–H groups in total. The quantitative estimate of drug-likeness (QED) is 0.841. The summed E-state index contributed by atoms with van der Waals surface area (Å²) in [6, 6.07) is 11.3. The molecule has 1 aliphatic rings. The highest BCUT2D eigenvalue weighted by Gasteiger charge is 2.11. The summed E-state index contributed by atoms with van der Waals surface area (Å²) in [7, 11) is 0. The summed E-state index contributed by atoms with van der Waals surface area (Å²) in [4.78, 5) is 2.49. The number of likely N-dealkylation sites (tertiary alicyclic amines) is 1. The van der Waals surface area contributed by atoms with Crippen LogP contribution in [-0.2, 0) is 6.42 Å². The first-order chi connectivity index (χ1) is 11.6. The van der Waals surface area contributed by atoms with E-state index in [9.17, 15) is 4.39 Å². The number of benzene rings is 2. The number of rotatable bonds is 5. The van der Waals surface area contributed by atoms with Gasteiger partial charge in [-0.3, -0.25) is 4.90 Å². The molecule has 0 spiro atoms. The van der Waals surface area contributed by atoms with Crippen LogP contribution in [0.3, 0.4) is 0 Å². The van der Waals surface area contributed by atoms with Gasteiger partial charge in [0.2, 0.25) is 0 Å². The summed E-state index contributed by atoms with van der Waals surface area (Å²) in [6.07, 6.45) is 4.85. The Morgan fingerprint density at radius 1 is 0.958 bits per heavy atom. The molecule has 0 amide bonds. The van der Waals surface area contributed by atoms with Crippen LogP contribution >= 0.6 is 0 Å². The van der Waals surface area contributed by atoms with E-state index in [1.54, 1.807) is 0 Å². The van der Waals surface area contributed by atoms with Crippen molar-refractivity contribution in [2.75, 3.05) is 25.1 Å². The third-order valence-electron chi connectivity index (χ3n) is 4.93. The van der Waals surface area contributed by atoms with Gasteiger partial charge in [-0.1, -0.05) is 24.6 Å². The van der Waals surface area contributed by atoms with Crippen LogP contribution < -0.4 is 5.32 Å². The standard InChI is InChI=1S/C21H27FN2/c1-16-13-21(23-15-24-10-4-3-5-11-24)17(2)12-19(16)14-18-6-8-20(22)9-7-18/h6-9,12-13,23H,3-5,10-11,14-15H2,1-2H3. The maximum absolute atomic E-state index is 13.0. The van der Waals surface area contributed by atoms with E-state index < -0.39 is 0 Å². The van der Waals surface area contributed by atoms with E-state index in [4.69, 9.17) is 0 Å². The van der Waals surface area contributed by atoms with Crippen molar-refractivity contribution < 1.29 is 4.39 Å². The molecule has 1 heterocycles. The Balaban J connectivity index is 1.67. The predicted molar refractivity (Wildman–Crippen MR) is 99.0 cm³/mol. The highest BCUT2D eigenvalue weighted by Crippen LogP contribution is 2.23. The molecule has 128 valence electrons. The lowest BCUT2D eigenvalue weighted by atomic mass is 9.97. The molecule has 1 saturated heterocycles. The van der Waals surface area contributed by atoms with E-state index in [2.05, 4.69) is 36.2 Å². The van der Waals surface area contributed by atoms with Gasteiger partial charge in [-0.2, -0.15) is 0 Å². The third kappa shape index (κ3) is 4.35. The zero-order valence-corrected chi connectivity index (χ0v) is 14.7. The van der Waals surface area contributed by atoms with Gasteiger partial charge in [0.1, 0.15) is 5.82 Å². The lowest BCUT2D eigenvalue weighted by molar-refractivity contribution is 0.243. The van der Waals surface area contributed by atoms with E-state index in [0.717, 1.165) is 18.7 Å². The first-order valence-corrected chi connectivity index (χ1v) is 8.92. The molecule has 0 unspecified atom stereocenters. The van der Waals surface area contributed by atoms with Gasteiger partial charge in [0.05, 0.1) is 6.67 Å². The maximum atomic E-state index is 13.0. The average molecular weight is 326 g/mol. The molecule has 2 aromatic carbocycles. The zero-order chi connectivity index (χ0) is 16.9. The summed E-state index contributed by atoms with van der Waals surface area (Å²) in [5.74, 6) is -0.177. The van der Waals surface area contributed by atoms with Gasteiger partial charge in [-0.25, -0.2) is 4.39 Å². The molecular formula is C21H27FN2. The first-order valence-electron chi connectivity index (χ1n) is 8.92. The van der Waals surface area contributed by atoms with Crippen LogP contribution in [0.15, 0.2) is 36.4 Å². The summed E-state index contributed by atoms with van der Waals surface area (Å²) < 4.78 is 13.0. The normalized spacial score (nSPS) is 15.5. The van der Waals surface area contributed by atoms with Crippen molar-refractivity contribution in [1.82, 2.24) is 4.90 Å². The Morgan fingerprint density at radius 2 is 1.67 bits per heavy atom. The number of hydrogen-bond acceptors (Lipinski definition) is 2. The molecule has 0 saturated carbocycles. The number of nitrogens with one attached hydrogen (secondary N) is 1. The highest BCUT2D eigenvalue weighted by atomic mass is 19.1. The number of piperidine rings is 1. The van der Waals surface area contributed by atoms with Gasteiger partial charge in [0, 0.05) is 5.69 Å². The number of aryl methyl sites for hydroxylation is 2. The van der Waals surface area contributed by atoms with Crippen LogP contribution in [0, 0.1) is 19.7 Å². The minimum atomic E-state index is -0.177. The largest absolute Gasteiger partial charge is 0.372 e. The second-order valence-corrected chi connectivity index (χ2v) is 6.91. The van der Waals surface area contributed by atoms with Gasteiger partial charge >= 0.3 is 0 Å². The van der Waals surface area contributed by atoms with Gasteiger partial charge < -0.3 is 5.32 Å². The third-order valence-corrected chi connectivity index (χ3v) is 4.93. The van der Waals surface area contributed by atoms with E-state index in [0.29, 0.717) is 0 Å². The maximum Gasteiger partial charge on any atom is 0.123 e. The van der Waals surface area contributed by atoms with Gasteiger partial charge in [0.15, 0.2) is 0 Å². The summed E-state index contributed by atoms with van der Waals surface area (Å²) >= 11 is 0. The fraction of sp³-hybridized carbons (Fsp3) is 0.429. The Labute approximate surface area is 144 Å². The molecule has 1 fully saturated rings. The Kier molecular flexibility index (Phi) is 5.52. The van der Waals surface area contributed by atoms with Crippen LogP contribution in [-0.4, -0.2) is 24.7 Å². The number of nitrogens with zero attached hydrogens (tertiary/aromatic N) is 1. The molecule has 0 atom stereocenters. The fourth-order valence-electron chi connectivity index (χ4n) is 3.39. The Hall–Kier alpha value is -1.87. The van der Waals surface area contributed by atoms with Gasteiger partial charge in [-0.05, 0) is 86.7 Å². The lowest BCUT2D eigenvalue weighted by Gasteiger charge is -2.27. The second-order valence-electron chi connectivity index (χ2n) is 6.91. The van der Waals surface area contributed by atoms with Crippen LogP contribution in [0.25, 0.3) is 0 Å². The minimum absolute atomic E-state index is 0.177. The lowest BCUT2D eigenvalue weighted by Crippen LogP contribution is -2.34. The van der Waals surface area contributed by atoms with Crippen LogP contribution in [0.5, 0.6) is 0 Å². The highest BCUT2D eigenvalue weighted by molar-refractivity contribution is 5.55. The van der Waals surface area contributed by atoms with Crippen molar-refractivity contribution >= 4 is 5.69 Å². The van der Waals surface area contributed by atoms with Crippen molar-refractivity contribution in [3.05, 3.63) is 64.5 Å². The first kappa shape index (κ1) is 17.0. The number of halogens is 1. The van der Waals surface area contributed by atoms with Crippen LogP contribution in [0.1, 0.15) is 41.5 Å². The number of hydrogen-bond donors (Lipinski definition) is 1. The summed E-state index contributed by atoms with van der Waals surface area (Å²) in [6.45, 7) is 7.65. The molecule has 0 aliphatic carbocycles. The van der Waals surface area contributed by atoms with Crippen molar-refractivity contribution in [3.63, 3.8) is 0 Å². The van der Waals surface area contributed by atoms with E-state index in [-0.39, 0.29) is 5.82 Å². The topological polar surface area (TPSA) is 15.3 Å². The van der Waals surface area contributed by atoms with E-state index in [1.165, 1.54) is 66.9 Å². The molecule has 2 aromatic rings. The minimum Gasteiger partial charge on any atom is -0.372 e. The van der Waals surface area contributed by atoms with E-state index >= 15 is 0 Å². The molecule has 3 heteroatoms. The molecule has 3 rings (SSSR count).